The second kappa shape index (κ2) is 11.9. The Morgan fingerprint density at radius 2 is 1.83 bits per heavy atom. The lowest BCUT2D eigenvalue weighted by Gasteiger charge is -2.26. The molecule has 0 atom stereocenters. The van der Waals surface area contributed by atoms with E-state index < -0.39 is 11.9 Å². The number of ether oxygens (including phenoxy) is 2. The minimum absolute atomic E-state index is 0.0615. The first-order valence-electron chi connectivity index (χ1n) is 10.7. The van der Waals surface area contributed by atoms with Crippen molar-refractivity contribution in [2.45, 2.75) is 0 Å². The fourth-order valence-corrected chi connectivity index (χ4v) is 4.74. The van der Waals surface area contributed by atoms with Crippen molar-refractivity contribution in [1.29, 1.82) is 0 Å². The lowest BCUT2D eigenvalue weighted by molar-refractivity contribution is -0.137. The number of nitrogens with zero attached hydrogens (tertiary/aromatic N) is 2. The standard InChI is InChI=1S/C23H20Cl2N4O5S2/c24-17-6-3-15(12-18(17)25)26-22(32)27-29-21(31)19(36-23(29)35)11-14-1-4-16(5-2-14)34-13-20(30)28-7-9-33-10-8-28/h1-6,11-12H,7-10,13H2,(H2,26,27,32)/b19-11+. The maximum Gasteiger partial charge on any atom is 0.338 e. The summed E-state index contributed by atoms with van der Waals surface area (Å²) in [6, 6.07) is 10.9. The number of thioether (sulfide) groups is 1. The molecular weight excluding hydrogens is 547 g/mol. The molecule has 4 rings (SSSR count). The summed E-state index contributed by atoms with van der Waals surface area (Å²) in [5, 5.41) is 4.19. The normalized spacial score (nSPS) is 16.9. The monoisotopic (exact) mass is 566 g/mol. The van der Waals surface area contributed by atoms with Gasteiger partial charge in [-0.2, -0.15) is 5.01 Å². The summed E-state index contributed by atoms with van der Waals surface area (Å²) < 4.78 is 11.0. The molecule has 36 heavy (non-hydrogen) atoms. The lowest BCUT2D eigenvalue weighted by Crippen LogP contribution is -2.46. The van der Waals surface area contributed by atoms with E-state index in [0.29, 0.717) is 47.7 Å². The molecule has 2 saturated heterocycles. The third-order valence-electron chi connectivity index (χ3n) is 5.09. The molecule has 0 bridgehead atoms. The Morgan fingerprint density at radius 3 is 2.53 bits per heavy atom. The second-order valence-electron chi connectivity index (χ2n) is 7.56. The topological polar surface area (TPSA) is 100 Å². The van der Waals surface area contributed by atoms with E-state index in [4.69, 9.17) is 44.9 Å². The Morgan fingerprint density at radius 1 is 1.11 bits per heavy atom. The number of hydrogen-bond donors (Lipinski definition) is 2. The number of carbonyl (C=O) groups excluding carboxylic acids is 3. The minimum Gasteiger partial charge on any atom is -0.484 e. The molecule has 9 nitrogen and oxygen atoms in total. The van der Waals surface area contributed by atoms with Crippen molar-refractivity contribution in [2.24, 2.45) is 0 Å². The Labute approximate surface area is 226 Å². The van der Waals surface area contributed by atoms with Gasteiger partial charge in [-0.1, -0.05) is 47.1 Å². The number of urea groups is 1. The van der Waals surface area contributed by atoms with E-state index in [9.17, 15) is 14.4 Å². The summed E-state index contributed by atoms with van der Waals surface area (Å²) in [4.78, 5) is 39.4. The number of rotatable bonds is 6. The first-order chi connectivity index (χ1) is 17.3. The third-order valence-corrected chi connectivity index (χ3v) is 7.13. The third kappa shape index (κ3) is 6.68. The van der Waals surface area contributed by atoms with E-state index in [1.54, 1.807) is 47.4 Å². The zero-order valence-electron chi connectivity index (χ0n) is 18.7. The molecule has 2 N–H and O–H groups in total. The second-order valence-corrected chi connectivity index (χ2v) is 10.1. The minimum atomic E-state index is -0.668. The molecule has 0 aliphatic carbocycles. The molecule has 13 heteroatoms. The molecule has 4 amide bonds. The molecule has 2 heterocycles. The van der Waals surface area contributed by atoms with Crippen molar-refractivity contribution in [2.75, 3.05) is 38.2 Å². The average molecular weight is 567 g/mol. The van der Waals surface area contributed by atoms with Crippen LogP contribution in [0.25, 0.3) is 6.08 Å². The van der Waals surface area contributed by atoms with Crippen molar-refractivity contribution in [3.8, 4) is 5.75 Å². The van der Waals surface area contributed by atoms with Gasteiger partial charge in [-0.3, -0.25) is 9.59 Å². The van der Waals surface area contributed by atoms with Gasteiger partial charge in [0, 0.05) is 18.8 Å². The number of nitrogens with one attached hydrogen (secondary N) is 2. The summed E-state index contributed by atoms with van der Waals surface area (Å²) in [6.07, 6.45) is 1.65. The largest absolute Gasteiger partial charge is 0.484 e. The Balaban J connectivity index is 1.32. The highest BCUT2D eigenvalue weighted by molar-refractivity contribution is 8.26. The first kappa shape index (κ1) is 26.2. The summed E-state index contributed by atoms with van der Waals surface area (Å²) in [7, 11) is 0. The van der Waals surface area contributed by atoms with E-state index in [-0.39, 0.29) is 21.9 Å². The molecule has 2 aromatic rings. The zero-order chi connectivity index (χ0) is 25.7. The van der Waals surface area contributed by atoms with Gasteiger partial charge in [0.2, 0.25) is 0 Å². The van der Waals surface area contributed by atoms with Gasteiger partial charge in [-0.05, 0) is 54.2 Å². The maximum absolute atomic E-state index is 12.8. The van der Waals surface area contributed by atoms with Gasteiger partial charge < -0.3 is 19.7 Å². The highest BCUT2D eigenvalue weighted by atomic mass is 35.5. The van der Waals surface area contributed by atoms with Crippen LogP contribution in [0.4, 0.5) is 10.5 Å². The number of halogens is 2. The molecule has 2 aromatic carbocycles. The number of benzene rings is 2. The molecular formula is C23H20Cl2N4O5S2. The van der Waals surface area contributed by atoms with Crippen LogP contribution >= 0.6 is 47.2 Å². The van der Waals surface area contributed by atoms with Crippen LogP contribution in [0.1, 0.15) is 5.56 Å². The number of carbonyl (C=O) groups is 3. The number of morpholine rings is 1. The van der Waals surface area contributed by atoms with Crippen LogP contribution in [0.5, 0.6) is 5.75 Å². The van der Waals surface area contributed by atoms with Crippen molar-refractivity contribution >= 4 is 81.1 Å². The van der Waals surface area contributed by atoms with Gasteiger partial charge >= 0.3 is 6.03 Å². The highest BCUT2D eigenvalue weighted by Gasteiger charge is 2.33. The molecule has 2 aliphatic rings. The summed E-state index contributed by atoms with van der Waals surface area (Å²) in [5.41, 5.74) is 3.56. The van der Waals surface area contributed by atoms with Gasteiger partial charge in [0.05, 0.1) is 28.2 Å². The lowest BCUT2D eigenvalue weighted by atomic mass is 10.2. The number of anilines is 1. The van der Waals surface area contributed by atoms with E-state index >= 15 is 0 Å². The van der Waals surface area contributed by atoms with Crippen LogP contribution in [0, 0.1) is 0 Å². The molecule has 0 spiro atoms. The van der Waals surface area contributed by atoms with Gasteiger partial charge in [-0.15, -0.1) is 0 Å². The van der Waals surface area contributed by atoms with Gasteiger partial charge in [0.1, 0.15) is 5.75 Å². The Hall–Kier alpha value is -2.83. The van der Waals surface area contributed by atoms with E-state index in [1.165, 1.54) is 6.07 Å². The van der Waals surface area contributed by atoms with Gasteiger partial charge in [0.15, 0.2) is 10.9 Å². The summed E-state index contributed by atoms with van der Waals surface area (Å²) >= 11 is 18.1. The highest BCUT2D eigenvalue weighted by Crippen LogP contribution is 2.32. The molecule has 2 fully saturated rings. The van der Waals surface area contributed by atoms with Crippen LogP contribution in [-0.4, -0.2) is 65.0 Å². The van der Waals surface area contributed by atoms with Crippen LogP contribution < -0.4 is 15.5 Å². The van der Waals surface area contributed by atoms with Gasteiger partial charge in [-0.25, -0.2) is 10.2 Å². The molecule has 0 radical (unpaired) electrons. The number of thiocarbonyl (C=S) groups is 1. The molecule has 0 aromatic heterocycles. The number of hydrogen-bond acceptors (Lipinski definition) is 7. The van der Waals surface area contributed by atoms with E-state index in [1.807, 2.05) is 0 Å². The fraction of sp³-hybridized carbons (Fsp3) is 0.217. The van der Waals surface area contributed by atoms with Crippen molar-refractivity contribution < 1.29 is 23.9 Å². The van der Waals surface area contributed by atoms with Crippen LogP contribution in [-0.2, 0) is 14.3 Å². The van der Waals surface area contributed by atoms with Crippen molar-refractivity contribution in [3.63, 3.8) is 0 Å². The van der Waals surface area contributed by atoms with Crippen molar-refractivity contribution in [3.05, 3.63) is 63.0 Å². The fourth-order valence-electron chi connectivity index (χ4n) is 3.26. The van der Waals surface area contributed by atoms with Gasteiger partial charge in [0.25, 0.3) is 11.8 Å². The van der Waals surface area contributed by atoms with E-state index in [2.05, 4.69) is 10.7 Å². The predicted molar refractivity (Wildman–Crippen MR) is 143 cm³/mol. The first-order valence-corrected chi connectivity index (χ1v) is 12.7. The van der Waals surface area contributed by atoms with Crippen molar-refractivity contribution in [1.82, 2.24) is 15.3 Å². The van der Waals surface area contributed by atoms with E-state index in [0.717, 1.165) is 22.3 Å². The Kier molecular flexibility index (Phi) is 8.70. The zero-order valence-corrected chi connectivity index (χ0v) is 21.8. The van der Waals surface area contributed by atoms with Crippen LogP contribution in [0.3, 0.4) is 0 Å². The molecule has 0 unspecified atom stereocenters. The average Bonchev–Trinajstić information content (AvgIpc) is 3.13. The maximum atomic E-state index is 12.8. The summed E-state index contributed by atoms with van der Waals surface area (Å²) in [5.74, 6) is -0.0329. The van der Waals surface area contributed by atoms with Crippen LogP contribution in [0.15, 0.2) is 47.4 Å². The number of hydrazine groups is 1. The summed E-state index contributed by atoms with van der Waals surface area (Å²) in [6.45, 7) is 2.12. The van der Waals surface area contributed by atoms with Crippen LogP contribution in [0.2, 0.25) is 10.0 Å². The quantitative estimate of drug-likeness (QED) is 0.399. The number of amides is 4. The molecule has 2 aliphatic heterocycles. The Bertz CT molecular complexity index is 1220. The molecule has 0 saturated carbocycles. The smallest absolute Gasteiger partial charge is 0.338 e. The predicted octanol–water partition coefficient (Wildman–Crippen LogP) is 4.17. The SMILES string of the molecule is O=C(Nc1ccc(Cl)c(Cl)c1)NN1C(=O)/C(=C\c2ccc(OCC(=O)N3CCOCC3)cc2)SC1=S. The molecule has 188 valence electrons.